The molecule has 1 aliphatic carbocycles. The topological polar surface area (TPSA) is 28.2 Å². The van der Waals surface area contributed by atoms with Crippen LogP contribution in [0.25, 0.3) is 0 Å². The molecule has 0 bridgehead atoms. The Balaban J connectivity index is 1.76. The molecule has 3 nitrogen and oxygen atoms in total. The van der Waals surface area contributed by atoms with Gasteiger partial charge in [0.1, 0.15) is 0 Å². The minimum absolute atomic E-state index is 0.303. The second-order valence-corrected chi connectivity index (χ2v) is 5.99. The van der Waals surface area contributed by atoms with Crippen molar-refractivity contribution in [3.63, 3.8) is 0 Å². The highest BCUT2D eigenvalue weighted by Crippen LogP contribution is 2.33. The fourth-order valence-electron chi connectivity index (χ4n) is 2.77. The van der Waals surface area contributed by atoms with E-state index in [0.717, 1.165) is 32.5 Å². The van der Waals surface area contributed by atoms with Crippen molar-refractivity contribution in [1.82, 2.24) is 10.3 Å². The molecular formula is C14H19ClFN3. The molecule has 1 atom stereocenters. The molecule has 19 heavy (non-hydrogen) atoms. The number of pyridine rings is 1. The quantitative estimate of drug-likeness (QED) is 0.921. The van der Waals surface area contributed by atoms with E-state index in [-0.39, 0.29) is 5.82 Å². The van der Waals surface area contributed by atoms with Crippen molar-refractivity contribution in [2.24, 2.45) is 5.92 Å². The Kier molecular flexibility index (Phi) is 3.89. The summed E-state index contributed by atoms with van der Waals surface area (Å²) in [7, 11) is 0. The van der Waals surface area contributed by atoms with Gasteiger partial charge in [-0.3, -0.25) is 0 Å². The first-order valence-electron chi connectivity index (χ1n) is 7.02. The lowest BCUT2D eigenvalue weighted by atomic mass is 9.99. The van der Waals surface area contributed by atoms with Crippen LogP contribution in [0.5, 0.6) is 0 Å². The highest BCUT2D eigenvalue weighted by atomic mass is 35.5. The highest BCUT2D eigenvalue weighted by Gasteiger charge is 2.33. The molecule has 1 unspecified atom stereocenters. The number of anilines is 1. The highest BCUT2D eigenvalue weighted by molar-refractivity contribution is 6.30. The molecule has 1 aromatic rings. The Hall–Kier alpha value is -0.870. The van der Waals surface area contributed by atoms with Gasteiger partial charge in [-0.1, -0.05) is 11.6 Å². The van der Waals surface area contributed by atoms with E-state index in [0.29, 0.717) is 22.8 Å². The molecule has 0 amide bonds. The first-order chi connectivity index (χ1) is 9.24. The van der Waals surface area contributed by atoms with E-state index in [1.807, 2.05) is 0 Å². The summed E-state index contributed by atoms with van der Waals surface area (Å²) in [6, 6.07) is 1.82. The summed E-state index contributed by atoms with van der Waals surface area (Å²) >= 11 is 5.78. The van der Waals surface area contributed by atoms with Crippen LogP contribution in [-0.4, -0.2) is 30.7 Å². The van der Waals surface area contributed by atoms with Crippen LogP contribution < -0.4 is 10.2 Å². The summed E-state index contributed by atoms with van der Waals surface area (Å²) in [5, 5.41) is 3.77. The SMILES string of the molecule is Fc1cc(Cl)cnc1N(CC1CCCNC1)C1CC1. The van der Waals surface area contributed by atoms with Crippen LogP contribution in [0.1, 0.15) is 25.7 Å². The number of hydrogen-bond donors (Lipinski definition) is 1. The summed E-state index contributed by atoms with van der Waals surface area (Å²) in [6.07, 6.45) is 6.24. The van der Waals surface area contributed by atoms with E-state index in [1.54, 1.807) is 0 Å². The fraction of sp³-hybridized carbons (Fsp3) is 0.643. The zero-order valence-corrected chi connectivity index (χ0v) is 11.7. The van der Waals surface area contributed by atoms with Crippen molar-refractivity contribution in [1.29, 1.82) is 0 Å². The zero-order valence-electron chi connectivity index (χ0n) is 10.9. The number of aromatic nitrogens is 1. The Morgan fingerprint density at radius 3 is 2.89 bits per heavy atom. The molecule has 1 saturated heterocycles. The van der Waals surface area contributed by atoms with Crippen molar-refractivity contribution in [3.05, 3.63) is 23.1 Å². The predicted octanol–water partition coefficient (Wildman–Crippen LogP) is 2.84. The molecule has 0 radical (unpaired) electrons. The number of rotatable bonds is 4. The number of nitrogens with zero attached hydrogens (tertiary/aromatic N) is 2. The Morgan fingerprint density at radius 2 is 2.26 bits per heavy atom. The van der Waals surface area contributed by atoms with Crippen LogP contribution >= 0.6 is 11.6 Å². The predicted molar refractivity (Wildman–Crippen MR) is 75.2 cm³/mol. The molecule has 2 aliphatic rings. The number of nitrogens with one attached hydrogen (secondary N) is 1. The molecule has 1 aliphatic heterocycles. The van der Waals surface area contributed by atoms with Crippen LogP contribution in [-0.2, 0) is 0 Å². The fourth-order valence-corrected chi connectivity index (χ4v) is 2.92. The summed E-state index contributed by atoms with van der Waals surface area (Å²) < 4.78 is 14.0. The largest absolute Gasteiger partial charge is 0.351 e. The van der Waals surface area contributed by atoms with E-state index in [4.69, 9.17) is 11.6 Å². The van der Waals surface area contributed by atoms with E-state index < -0.39 is 0 Å². The van der Waals surface area contributed by atoms with Gasteiger partial charge < -0.3 is 10.2 Å². The lowest BCUT2D eigenvalue weighted by molar-refractivity contribution is 0.374. The summed E-state index contributed by atoms with van der Waals surface area (Å²) in [5.74, 6) is 0.756. The third kappa shape index (κ3) is 3.18. The monoisotopic (exact) mass is 283 g/mol. The van der Waals surface area contributed by atoms with Gasteiger partial charge in [0, 0.05) is 18.8 Å². The number of hydrogen-bond acceptors (Lipinski definition) is 3. The van der Waals surface area contributed by atoms with Crippen molar-refractivity contribution in [3.8, 4) is 0 Å². The Bertz CT molecular complexity index is 444. The summed E-state index contributed by atoms with van der Waals surface area (Å²) in [4.78, 5) is 6.35. The molecule has 1 saturated carbocycles. The molecule has 1 aromatic heterocycles. The van der Waals surface area contributed by atoms with Gasteiger partial charge >= 0.3 is 0 Å². The maximum atomic E-state index is 14.0. The maximum absolute atomic E-state index is 14.0. The average Bonchev–Trinajstić information content (AvgIpc) is 3.22. The molecule has 1 N–H and O–H groups in total. The lowest BCUT2D eigenvalue weighted by Gasteiger charge is -2.31. The minimum Gasteiger partial charge on any atom is -0.351 e. The summed E-state index contributed by atoms with van der Waals surface area (Å²) in [6.45, 7) is 3.02. The van der Waals surface area contributed by atoms with Gasteiger partial charge in [0.2, 0.25) is 0 Å². The van der Waals surface area contributed by atoms with Crippen molar-refractivity contribution in [2.75, 3.05) is 24.5 Å². The molecular weight excluding hydrogens is 265 g/mol. The lowest BCUT2D eigenvalue weighted by Crippen LogP contribution is -2.40. The van der Waals surface area contributed by atoms with E-state index >= 15 is 0 Å². The number of piperidine rings is 1. The standard InChI is InChI=1S/C14H19ClFN3/c15-11-6-13(16)14(18-8-11)19(12-3-4-12)9-10-2-1-5-17-7-10/h6,8,10,12,17H,1-5,7,9H2. The van der Waals surface area contributed by atoms with Crippen LogP contribution in [0.15, 0.2) is 12.3 Å². The van der Waals surface area contributed by atoms with Gasteiger partial charge in [-0.15, -0.1) is 0 Å². The Labute approximate surface area is 118 Å². The molecule has 2 heterocycles. The molecule has 104 valence electrons. The normalized spacial score (nSPS) is 23.4. The second kappa shape index (κ2) is 5.63. The van der Waals surface area contributed by atoms with Crippen molar-refractivity contribution < 1.29 is 4.39 Å². The van der Waals surface area contributed by atoms with Crippen LogP contribution in [0.4, 0.5) is 10.2 Å². The van der Waals surface area contributed by atoms with Crippen molar-refractivity contribution >= 4 is 17.4 Å². The van der Waals surface area contributed by atoms with E-state index in [9.17, 15) is 4.39 Å². The molecule has 3 rings (SSSR count). The van der Waals surface area contributed by atoms with Crippen LogP contribution in [0.2, 0.25) is 5.02 Å². The van der Waals surface area contributed by atoms with E-state index in [2.05, 4.69) is 15.2 Å². The average molecular weight is 284 g/mol. The zero-order chi connectivity index (χ0) is 13.2. The first-order valence-corrected chi connectivity index (χ1v) is 7.40. The smallest absolute Gasteiger partial charge is 0.167 e. The van der Waals surface area contributed by atoms with Gasteiger partial charge in [-0.2, -0.15) is 0 Å². The minimum atomic E-state index is -0.303. The van der Waals surface area contributed by atoms with Gasteiger partial charge in [0.15, 0.2) is 11.6 Å². The molecule has 0 spiro atoms. The third-order valence-electron chi connectivity index (χ3n) is 3.90. The van der Waals surface area contributed by atoms with Crippen molar-refractivity contribution in [2.45, 2.75) is 31.7 Å². The maximum Gasteiger partial charge on any atom is 0.167 e. The molecule has 2 fully saturated rings. The number of halogens is 2. The van der Waals surface area contributed by atoms with E-state index in [1.165, 1.54) is 25.1 Å². The van der Waals surface area contributed by atoms with Gasteiger partial charge in [0.25, 0.3) is 0 Å². The second-order valence-electron chi connectivity index (χ2n) is 5.55. The van der Waals surface area contributed by atoms with Gasteiger partial charge in [0.05, 0.1) is 5.02 Å². The molecule has 0 aromatic carbocycles. The summed E-state index contributed by atoms with van der Waals surface area (Å²) in [5.41, 5.74) is 0. The third-order valence-corrected chi connectivity index (χ3v) is 4.11. The van der Waals surface area contributed by atoms with Gasteiger partial charge in [-0.25, -0.2) is 9.37 Å². The van der Waals surface area contributed by atoms with Gasteiger partial charge in [-0.05, 0) is 50.8 Å². The first kappa shape index (κ1) is 13.1. The van der Waals surface area contributed by atoms with Crippen LogP contribution in [0, 0.1) is 11.7 Å². The van der Waals surface area contributed by atoms with Crippen LogP contribution in [0.3, 0.4) is 0 Å². The Morgan fingerprint density at radius 1 is 1.42 bits per heavy atom. The molecule has 5 heteroatoms.